The van der Waals surface area contributed by atoms with E-state index in [1.54, 1.807) is 19.2 Å². The maximum Gasteiger partial charge on any atom is 0.338 e. The predicted molar refractivity (Wildman–Crippen MR) is 111 cm³/mol. The summed E-state index contributed by atoms with van der Waals surface area (Å²) in [6, 6.07) is 3.38. The quantitative estimate of drug-likeness (QED) is 0.729. The highest BCUT2D eigenvalue weighted by Gasteiger charge is 2.43. The van der Waals surface area contributed by atoms with Crippen molar-refractivity contribution >= 4 is 34.7 Å². The van der Waals surface area contributed by atoms with Crippen LogP contribution in [0.25, 0.3) is 0 Å². The van der Waals surface area contributed by atoms with Gasteiger partial charge in [-0.2, -0.15) is 0 Å². The number of carbonyl (C=O) groups is 1. The SMILES string of the molecule is CCOC(=O)C1=C2C(NC)CCN2C(c2nccs2)=NC1c1ccc(F)cc1Cl. The number of nitrogens with zero attached hydrogens (tertiary/aromatic N) is 3. The maximum absolute atomic E-state index is 13.7. The molecule has 2 aliphatic rings. The Morgan fingerprint density at radius 1 is 1.48 bits per heavy atom. The number of rotatable bonds is 5. The molecule has 29 heavy (non-hydrogen) atoms. The highest BCUT2D eigenvalue weighted by molar-refractivity contribution is 7.11. The van der Waals surface area contributed by atoms with E-state index in [2.05, 4.69) is 10.3 Å². The third kappa shape index (κ3) is 3.56. The van der Waals surface area contributed by atoms with Crippen LogP contribution in [-0.4, -0.2) is 47.9 Å². The molecular formula is C20H20ClFN4O2S. The number of carbonyl (C=O) groups excluding carboxylic acids is 1. The van der Waals surface area contributed by atoms with Crippen molar-refractivity contribution in [3.8, 4) is 0 Å². The van der Waals surface area contributed by atoms with Crippen LogP contribution in [0.2, 0.25) is 5.02 Å². The molecule has 3 heterocycles. The van der Waals surface area contributed by atoms with Gasteiger partial charge in [-0.3, -0.25) is 4.99 Å². The highest BCUT2D eigenvalue weighted by Crippen LogP contribution is 2.42. The average molecular weight is 435 g/mol. The van der Waals surface area contributed by atoms with Gasteiger partial charge in [0.1, 0.15) is 11.9 Å². The number of aliphatic imine (C=N–C) groups is 1. The summed E-state index contributed by atoms with van der Waals surface area (Å²) in [6.45, 7) is 2.71. The van der Waals surface area contributed by atoms with Gasteiger partial charge in [-0.15, -0.1) is 11.3 Å². The van der Waals surface area contributed by atoms with Crippen LogP contribution in [0.4, 0.5) is 4.39 Å². The van der Waals surface area contributed by atoms with Crippen LogP contribution < -0.4 is 5.32 Å². The molecule has 0 bridgehead atoms. The van der Waals surface area contributed by atoms with Gasteiger partial charge in [0.25, 0.3) is 0 Å². The molecule has 152 valence electrons. The fourth-order valence-corrected chi connectivity index (χ4v) is 4.72. The molecule has 0 spiro atoms. The summed E-state index contributed by atoms with van der Waals surface area (Å²) in [6.07, 6.45) is 2.53. The minimum Gasteiger partial charge on any atom is -0.463 e. The van der Waals surface area contributed by atoms with Crippen molar-refractivity contribution in [1.82, 2.24) is 15.2 Å². The van der Waals surface area contributed by atoms with Crippen molar-refractivity contribution < 1.29 is 13.9 Å². The van der Waals surface area contributed by atoms with Crippen LogP contribution in [-0.2, 0) is 9.53 Å². The lowest BCUT2D eigenvalue weighted by molar-refractivity contribution is -0.139. The number of halogens is 2. The molecule has 1 aromatic heterocycles. The van der Waals surface area contributed by atoms with E-state index in [9.17, 15) is 9.18 Å². The number of aromatic nitrogens is 1. The predicted octanol–water partition coefficient (Wildman–Crippen LogP) is 3.55. The zero-order valence-corrected chi connectivity index (χ0v) is 17.6. The van der Waals surface area contributed by atoms with Crippen LogP contribution in [0.15, 0.2) is 46.0 Å². The zero-order valence-electron chi connectivity index (χ0n) is 16.0. The van der Waals surface area contributed by atoms with E-state index >= 15 is 0 Å². The number of benzene rings is 1. The number of esters is 1. The molecule has 4 rings (SSSR count). The molecule has 2 atom stereocenters. The van der Waals surface area contributed by atoms with Crippen LogP contribution in [0.5, 0.6) is 0 Å². The number of ether oxygens (including phenoxy) is 1. The number of nitrogens with one attached hydrogen (secondary N) is 1. The van der Waals surface area contributed by atoms with Crippen molar-refractivity contribution in [3.63, 3.8) is 0 Å². The van der Waals surface area contributed by atoms with E-state index in [1.165, 1.54) is 23.5 Å². The Morgan fingerprint density at radius 2 is 2.31 bits per heavy atom. The molecule has 0 saturated carbocycles. The average Bonchev–Trinajstić information content (AvgIpc) is 3.37. The lowest BCUT2D eigenvalue weighted by atomic mass is 9.93. The number of hydrogen-bond acceptors (Lipinski definition) is 7. The number of likely N-dealkylation sites (N-methyl/N-ethyl adjacent to an activating group) is 1. The Kier molecular flexibility index (Phi) is 5.67. The molecule has 1 saturated heterocycles. The van der Waals surface area contributed by atoms with Gasteiger partial charge in [0.05, 0.1) is 12.2 Å². The summed E-state index contributed by atoms with van der Waals surface area (Å²) < 4.78 is 19.0. The Labute approximate surface area is 177 Å². The summed E-state index contributed by atoms with van der Waals surface area (Å²) >= 11 is 7.84. The minimum absolute atomic E-state index is 0.0402. The standard InChI is InChI=1S/C20H20ClFN4O2S/c1-3-28-20(27)15-16(12-5-4-11(22)10-13(12)21)25-18(19-24-7-9-29-19)26-8-6-14(23-2)17(15)26/h4-5,7,9-10,14,16,23H,3,6,8H2,1-2H3. The molecule has 1 aromatic carbocycles. The lowest BCUT2D eigenvalue weighted by Gasteiger charge is -2.33. The number of fused-ring (bicyclic) bond motifs is 1. The number of amidine groups is 1. The molecule has 6 nitrogen and oxygen atoms in total. The maximum atomic E-state index is 13.7. The summed E-state index contributed by atoms with van der Waals surface area (Å²) in [7, 11) is 1.86. The van der Waals surface area contributed by atoms with E-state index in [-0.39, 0.29) is 17.7 Å². The van der Waals surface area contributed by atoms with E-state index in [0.29, 0.717) is 23.5 Å². The van der Waals surface area contributed by atoms with Crippen LogP contribution in [0, 0.1) is 5.82 Å². The smallest absolute Gasteiger partial charge is 0.338 e. The van der Waals surface area contributed by atoms with Gasteiger partial charge in [0, 0.05) is 40.4 Å². The van der Waals surface area contributed by atoms with Crippen molar-refractivity contribution in [3.05, 3.63) is 62.5 Å². The summed E-state index contributed by atoms with van der Waals surface area (Å²) in [5.74, 6) is -0.201. The molecule has 1 fully saturated rings. The van der Waals surface area contributed by atoms with Crippen molar-refractivity contribution in [2.45, 2.75) is 25.4 Å². The van der Waals surface area contributed by atoms with Crippen molar-refractivity contribution in [2.24, 2.45) is 4.99 Å². The van der Waals surface area contributed by atoms with E-state index in [4.69, 9.17) is 21.3 Å². The Bertz CT molecular complexity index is 992. The van der Waals surface area contributed by atoms with Gasteiger partial charge >= 0.3 is 5.97 Å². The first-order chi connectivity index (χ1) is 14.0. The molecule has 2 aromatic rings. The molecule has 1 N–H and O–H groups in total. The monoisotopic (exact) mass is 434 g/mol. The van der Waals surface area contributed by atoms with Gasteiger partial charge < -0.3 is 15.0 Å². The molecule has 2 aliphatic heterocycles. The summed E-state index contributed by atoms with van der Waals surface area (Å²) in [5.41, 5.74) is 1.80. The van der Waals surface area contributed by atoms with Crippen molar-refractivity contribution in [2.75, 3.05) is 20.2 Å². The third-order valence-electron chi connectivity index (χ3n) is 5.04. The topological polar surface area (TPSA) is 66.8 Å². The van der Waals surface area contributed by atoms with Crippen molar-refractivity contribution in [1.29, 1.82) is 0 Å². The minimum atomic E-state index is -0.707. The van der Waals surface area contributed by atoms with Gasteiger partial charge in [-0.25, -0.2) is 14.2 Å². The van der Waals surface area contributed by atoms with Gasteiger partial charge in [0.2, 0.25) is 0 Å². The second-order valence-electron chi connectivity index (χ2n) is 6.66. The number of hydrogen-bond donors (Lipinski definition) is 1. The summed E-state index contributed by atoms with van der Waals surface area (Å²) in [4.78, 5) is 24.3. The molecule has 0 aliphatic carbocycles. The summed E-state index contributed by atoms with van der Waals surface area (Å²) in [5, 5.41) is 6.13. The molecule has 0 amide bonds. The van der Waals surface area contributed by atoms with Gasteiger partial charge in [-0.1, -0.05) is 17.7 Å². The molecule has 0 radical (unpaired) electrons. The third-order valence-corrected chi connectivity index (χ3v) is 6.14. The highest BCUT2D eigenvalue weighted by atomic mass is 35.5. The second-order valence-corrected chi connectivity index (χ2v) is 7.96. The van der Waals surface area contributed by atoms with E-state index in [1.807, 2.05) is 17.3 Å². The zero-order chi connectivity index (χ0) is 20.5. The lowest BCUT2D eigenvalue weighted by Crippen LogP contribution is -2.39. The van der Waals surface area contributed by atoms with E-state index in [0.717, 1.165) is 17.1 Å². The Morgan fingerprint density at radius 3 is 2.97 bits per heavy atom. The molecular weight excluding hydrogens is 415 g/mol. The first-order valence-electron chi connectivity index (χ1n) is 9.33. The molecule has 9 heteroatoms. The normalized spacial score (nSPS) is 21.2. The largest absolute Gasteiger partial charge is 0.463 e. The first kappa shape index (κ1) is 20.0. The molecule has 2 unspecified atom stereocenters. The van der Waals surface area contributed by atoms with Crippen LogP contribution in [0.1, 0.15) is 30.0 Å². The van der Waals surface area contributed by atoms with Crippen LogP contribution in [0.3, 0.4) is 0 Å². The second kappa shape index (κ2) is 8.22. The Hall–Kier alpha value is -2.29. The fraction of sp³-hybridized carbons (Fsp3) is 0.350. The van der Waals surface area contributed by atoms with Crippen LogP contribution >= 0.6 is 22.9 Å². The number of thiazole rings is 1. The van der Waals surface area contributed by atoms with E-state index < -0.39 is 17.8 Å². The van der Waals surface area contributed by atoms with Gasteiger partial charge in [0.15, 0.2) is 10.8 Å². The fourth-order valence-electron chi connectivity index (χ4n) is 3.81. The van der Waals surface area contributed by atoms with Gasteiger partial charge in [-0.05, 0) is 32.5 Å². The first-order valence-corrected chi connectivity index (χ1v) is 10.6. The Balaban J connectivity index is 1.94.